The van der Waals surface area contributed by atoms with Crippen LogP contribution in [0.2, 0.25) is 0 Å². The Hall–Kier alpha value is -3.94. The van der Waals surface area contributed by atoms with Gasteiger partial charge in [-0.1, -0.05) is 18.2 Å². The van der Waals surface area contributed by atoms with Crippen LogP contribution in [0.5, 0.6) is 5.75 Å². The number of hydrogen-bond donors (Lipinski definition) is 1. The van der Waals surface area contributed by atoms with Gasteiger partial charge in [0.25, 0.3) is 11.7 Å². The van der Waals surface area contributed by atoms with E-state index in [0.717, 1.165) is 5.56 Å². The van der Waals surface area contributed by atoms with Gasteiger partial charge in [0, 0.05) is 31.7 Å². The lowest BCUT2D eigenvalue weighted by atomic mass is 9.94. The van der Waals surface area contributed by atoms with Crippen LogP contribution < -0.4 is 4.74 Å². The molecule has 1 aliphatic rings. The zero-order chi connectivity index (χ0) is 23.0. The number of aryl methyl sites for hydroxylation is 2. The van der Waals surface area contributed by atoms with Gasteiger partial charge < -0.3 is 14.7 Å². The molecule has 164 valence electrons. The first kappa shape index (κ1) is 21.3. The minimum atomic E-state index is -0.764. The predicted molar refractivity (Wildman–Crippen MR) is 118 cm³/mol. The molecular weight excluding hydrogens is 408 g/mol. The average molecular weight is 432 g/mol. The number of Topliss-reactive ketones (excluding diaryl/α,β-unsaturated/α-hetero) is 1. The number of carbonyl (C=O) groups excluding carboxylic acids is 2. The van der Waals surface area contributed by atoms with E-state index in [1.54, 1.807) is 68.5 Å². The molecule has 1 fully saturated rings. The van der Waals surface area contributed by atoms with E-state index >= 15 is 0 Å². The highest BCUT2D eigenvalue weighted by Gasteiger charge is 2.46. The van der Waals surface area contributed by atoms with Crippen molar-refractivity contribution >= 4 is 17.4 Å². The summed E-state index contributed by atoms with van der Waals surface area (Å²) in [5.74, 6) is -0.969. The molecule has 0 saturated carbocycles. The van der Waals surface area contributed by atoms with Gasteiger partial charge in [0.15, 0.2) is 0 Å². The molecule has 32 heavy (non-hydrogen) atoms. The maximum absolute atomic E-state index is 13.2. The monoisotopic (exact) mass is 432 g/mol. The van der Waals surface area contributed by atoms with Gasteiger partial charge in [-0.25, -0.2) is 0 Å². The van der Waals surface area contributed by atoms with E-state index in [-0.39, 0.29) is 17.9 Å². The minimum absolute atomic E-state index is 0.0447. The summed E-state index contributed by atoms with van der Waals surface area (Å²) >= 11 is 0. The minimum Gasteiger partial charge on any atom is -0.507 e. The fourth-order valence-corrected chi connectivity index (χ4v) is 4.12. The molecule has 4 rings (SSSR count). The Morgan fingerprint density at radius 1 is 1.16 bits per heavy atom. The number of amides is 1. The second-order valence-corrected chi connectivity index (χ2v) is 7.73. The largest absolute Gasteiger partial charge is 0.507 e. The van der Waals surface area contributed by atoms with E-state index in [2.05, 4.69) is 10.1 Å². The maximum Gasteiger partial charge on any atom is 0.295 e. The fourth-order valence-electron chi connectivity index (χ4n) is 4.12. The molecule has 8 nitrogen and oxygen atoms in total. The number of carbonyl (C=O) groups is 2. The van der Waals surface area contributed by atoms with E-state index in [0.29, 0.717) is 28.3 Å². The summed E-state index contributed by atoms with van der Waals surface area (Å²) in [5, 5.41) is 15.6. The molecule has 1 aliphatic heterocycles. The van der Waals surface area contributed by atoms with Crippen molar-refractivity contribution in [3.8, 4) is 5.75 Å². The van der Waals surface area contributed by atoms with Crippen molar-refractivity contribution in [1.29, 1.82) is 0 Å². The lowest BCUT2D eigenvalue weighted by molar-refractivity contribution is -0.140. The van der Waals surface area contributed by atoms with Gasteiger partial charge in [-0.2, -0.15) is 5.10 Å². The van der Waals surface area contributed by atoms with Crippen molar-refractivity contribution in [2.75, 3.05) is 7.11 Å². The SMILES string of the molecule is COc1ccc([C@@H]2/C(=C(\O)c3c(C)nn(C)c3C)C(=O)C(=O)N2Cc2cccnc2)cc1. The number of benzene rings is 1. The molecule has 0 bridgehead atoms. The summed E-state index contributed by atoms with van der Waals surface area (Å²) in [7, 11) is 3.33. The number of aliphatic hydroxyl groups is 1. The average Bonchev–Trinajstić information content (AvgIpc) is 3.20. The van der Waals surface area contributed by atoms with Gasteiger partial charge in [-0.15, -0.1) is 0 Å². The quantitative estimate of drug-likeness (QED) is 0.378. The topological polar surface area (TPSA) is 97.5 Å². The summed E-state index contributed by atoms with van der Waals surface area (Å²) in [5.41, 5.74) is 3.26. The van der Waals surface area contributed by atoms with E-state index in [9.17, 15) is 14.7 Å². The van der Waals surface area contributed by atoms with Crippen molar-refractivity contribution in [3.63, 3.8) is 0 Å². The number of likely N-dealkylation sites (tertiary alicyclic amines) is 1. The number of nitrogens with zero attached hydrogens (tertiary/aromatic N) is 4. The Labute approximate surface area is 185 Å². The van der Waals surface area contributed by atoms with E-state index in [1.165, 1.54) is 4.90 Å². The predicted octanol–water partition coefficient (Wildman–Crippen LogP) is 3.06. The number of rotatable bonds is 5. The highest BCUT2D eigenvalue weighted by molar-refractivity contribution is 6.46. The van der Waals surface area contributed by atoms with Crippen LogP contribution in [0.4, 0.5) is 0 Å². The normalized spacial score (nSPS) is 17.8. The molecule has 0 unspecified atom stereocenters. The third-order valence-electron chi connectivity index (χ3n) is 5.79. The van der Waals surface area contributed by atoms with Crippen LogP contribution in [0.15, 0.2) is 54.4 Å². The molecule has 3 aromatic rings. The third-order valence-corrected chi connectivity index (χ3v) is 5.79. The second-order valence-electron chi connectivity index (χ2n) is 7.73. The van der Waals surface area contributed by atoms with Crippen molar-refractivity contribution in [3.05, 3.63) is 82.4 Å². The summed E-state index contributed by atoms with van der Waals surface area (Å²) in [6.07, 6.45) is 3.30. The molecule has 0 spiro atoms. The molecule has 1 aromatic carbocycles. The first-order valence-corrected chi connectivity index (χ1v) is 10.1. The lowest BCUT2D eigenvalue weighted by Crippen LogP contribution is -2.29. The number of methoxy groups -OCH3 is 1. The molecule has 1 saturated heterocycles. The Balaban J connectivity index is 1.90. The Kier molecular flexibility index (Phi) is 5.52. The van der Waals surface area contributed by atoms with E-state index in [4.69, 9.17) is 4.74 Å². The van der Waals surface area contributed by atoms with Gasteiger partial charge in [0.05, 0.1) is 30.0 Å². The van der Waals surface area contributed by atoms with Crippen LogP contribution >= 0.6 is 0 Å². The Morgan fingerprint density at radius 3 is 2.44 bits per heavy atom. The molecule has 1 N–H and O–H groups in total. The number of ketones is 1. The molecule has 1 atom stereocenters. The highest BCUT2D eigenvalue weighted by atomic mass is 16.5. The number of aliphatic hydroxyl groups excluding tert-OH is 1. The van der Waals surface area contributed by atoms with E-state index < -0.39 is 17.7 Å². The molecule has 2 aromatic heterocycles. The Morgan fingerprint density at radius 2 is 1.88 bits per heavy atom. The smallest absolute Gasteiger partial charge is 0.295 e. The van der Waals surface area contributed by atoms with Crippen molar-refractivity contribution in [2.45, 2.75) is 26.4 Å². The van der Waals surface area contributed by atoms with Crippen molar-refractivity contribution < 1.29 is 19.4 Å². The fraction of sp³-hybridized carbons (Fsp3) is 0.250. The zero-order valence-electron chi connectivity index (χ0n) is 18.4. The summed E-state index contributed by atoms with van der Waals surface area (Å²) in [6, 6.07) is 9.97. The second kappa shape index (κ2) is 8.30. The van der Waals surface area contributed by atoms with Crippen LogP contribution in [0, 0.1) is 13.8 Å². The summed E-state index contributed by atoms with van der Waals surface area (Å²) in [4.78, 5) is 31.9. The highest BCUT2D eigenvalue weighted by Crippen LogP contribution is 2.41. The van der Waals surface area contributed by atoms with Gasteiger partial charge in [-0.3, -0.25) is 19.3 Å². The van der Waals surface area contributed by atoms with E-state index in [1.807, 2.05) is 13.0 Å². The molecule has 3 heterocycles. The number of aromatic nitrogens is 3. The van der Waals surface area contributed by atoms with Crippen molar-refractivity contribution in [1.82, 2.24) is 19.7 Å². The number of ether oxygens (including phenoxy) is 1. The van der Waals surface area contributed by atoms with Crippen LogP contribution in [0.1, 0.15) is 34.1 Å². The molecule has 8 heteroatoms. The maximum atomic E-state index is 13.2. The summed E-state index contributed by atoms with van der Waals surface area (Å²) < 4.78 is 6.88. The van der Waals surface area contributed by atoms with Crippen LogP contribution in [0.3, 0.4) is 0 Å². The molecule has 0 radical (unpaired) electrons. The zero-order valence-corrected chi connectivity index (χ0v) is 18.4. The van der Waals surface area contributed by atoms with Gasteiger partial charge in [0.1, 0.15) is 11.5 Å². The van der Waals surface area contributed by atoms with Gasteiger partial charge in [0.2, 0.25) is 0 Å². The first-order chi connectivity index (χ1) is 15.3. The van der Waals surface area contributed by atoms with Gasteiger partial charge >= 0.3 is 0 Å². The molecule has 1 amide bonds. The van der Waals surface area contributed by atoms with Crippen molar-refractivity contribution in [2.24, 2.45) is 7.05 Å². The number of pyridine rings is 1. The van der Waals surface area contributed by atoms with Crippen LogP contribution in [-0.4, -0.2) is 43.6 Å². The Bertz CT molecular complexity index is 1210. The molecule has 0 aliphatic carbocycles. The standard InChI is InChI=1S/C24H24N4O4/c1-14-19(15(2)27(3)26-14)22(29)20-21(17-7-9-18(32-4)10-8-17)28(24(31)23(20)30)13-16-6-5-11-25-12-16/h5-12,21,29H,13H2,1-4H3/b22-20+/t21-/m1/s1. The lowest BCUT2D eigenvalue weighted by Gasteiger charge is -2.25. The molecular formula is C24H24N4O4. The summed E-state index contributed by atoms with van der Waals surface area (Å²) in [6.45, 7) is 3.75. The third kappa shape index (κ3) is 3.53. The van der Waals surface area contributed by atoms with Crippen LogP contribution in [0.25, 0.3) is 5.76 Å². The number of hydrogen-bond acceptors (Lipinski definition) is 6. The van der Waals surface area contributed by atoms with Gasteiger partial charge in [-0.05, 0) is 43.2 Å². The first-order valence-electron chi connectivity index (χ1n) is 10.1. The van der Waals surface area contributed by atoms with Crippen LogP contribution in [-0.2, 0) is 23.2 Å².